The molecule has 11 nitrogen and oxygen atoms in total. The number of carboxylic acids is 2. The first-order chi connectivity index (χ1) is 17.0. The number of carbonyl (C=O) groups excluding carboxylic acids is 2. The number of anilines is 1. The number of amides is 1. The van der Waals surface area contributed by atoms with E-state index in [1.165, 1.54) is 30.8 Å². The van der Waals surface area contributed by atoms with Crippen LogP contribution in [-0.4, -0.2) is 86.7 Å². The minimum Gasteiger partial charge on any atom is -0.478 e. The standard InChI is InChI=1S/C24H31N3O8S/c1-4-35-24(34)17(12(3)28)18-11(2)20(19(27-18)23(32)33)36-15-9-16(25-10-15)21(29)26-14-7-5-6-13(8-14)22(30)31/h5-8,11-12,15-18,20,25,28H,4,9-10H2,1-3H3,(H,26,29)(H,30,31)(H,32,33)/t11-,12-,15-,16+,17-,18-,20?/m1/s1. The summed E-state index contributed by atoms with van der Waals surface area (Å²) in [5.41, 5.74) is 0.364. The van der Waals surface area contributed by atoms with E-state index in [2.05, 4.69) is 15.6 Å². The van der Waals surface area contributed by atoms with E-state index in [1.54, 1.807) is 26.0 Å². The second-order valence-corrected chi connectivity index (χ2v) is 10.4. The Morgan fingerprint density at radius 2 is 1.97 bits per heavy atom. The Balaban J connectivity index is 1.67. The number of nitrogens with one attached hydrogen (secondary N) is 2. The molecule has 36 heavy (non-hydrogen) atoms. The summed E-state index contributed by atoms with van der Waals surface area (Å²) < 4.78 is 5.09. The topological polar surface area (TPSA) is 175 Å². The fraction of sp³-hybridized carbons (Fsp3) is 0.542. The highest BCUT2D eigenvalue weighted by Gasteiger charge is 2.48. The molecular weight excluding hydrogens is 490 g/mol. The van der Waals surface area contributed by atoms with E-state index in [1.807, 2.05) is 0 Å². The minimum absolute atomic E-state index is 0.0594. The van der Waals surface area contributed by atoms with Crippen molar-refractivity contribution in [2.24, 2.45) is 16.8 Å². The Morgan fingerprint density at radius 1 is 1.25 bits per heavy atom. The third-order valence-corrected chi connectivity index (χ3v) is 8.05. The van der Waals surface area contributed by atoms with Gasteiger partial charge in [-0.1, -0.05) is 13.0 Å². The zero-order valence-electron chi connectivity index (χ0n) is 20.2. The van der Waals surface area contributed by atoms with Crippen molar-refractivity contribution >= 4 is 47.0 Å². The second-order valence-electron chi connectivity index (χ2n) is 8.94. The lowest BCUT2D eigenvalue weighted by atomic mass is 9.86. The lowest BCUT2D eigenvalue weighted by Crippen LogP contribution is -2.41. The molecule has 0 aliphatic carbocycles. The smallest absolute Gasteiger partial charge is 0.350 e. The number of aliphatic hydroxyl groups is 1. The van der Waals surface area contributed by atoms with Crippen LogP contribution in [0.5, 0.6) is 0 Å². The van der Waals surface area contributed by atoms with Gasteiger partial charge in [0.15, 0.2) is 0 Å². The number of nitrogens with zero attached hydrogens (tertiary/aromatic N) is 1. The Bertz CT molecular complexity index is 1050. The molecule has 2 aliphatic heterocycles. The van der Waals surface area contributed by atoms with Crippen molar-refractivity contribution < 1.29 is 39.2 Å². The van der Waals surface area contributed by atoms with Crippen LogP contribution in [0.2, 0.25) is 0 Å². The van der Waals surface area contributed by atoms with E-state index < -0.39 is 47.3 Å². The number of aromatic carboxylic acids is 1. The molecule has 0 spiro atoms. The maximum atomic E-state index is 12.7. The number of hydrogen-bond donors (Lipinski definition) is 5. The van der Waals surface area contributed by atoms with Gasteiger partial charge in [0.1, 0.15) is 11.6 Å². The number of esters is 1. The quantitative estimate of drug-likeness (QED) is 0.282. The normalized spacial score (nSPS) is 27.1. The van der Waals surface area contributed by atoms with Crippen LogP contribution in [0.4, 0.5) is 5.69 Å². The van der Waals surface area contributed by atoms with Gasteiger partial charge in [0.2, 0.25) is 5.91 Å². The number of hydrogen-bond acceptors (Lipinski definition) is 9. The van der Waals surface area contributed by atoms with Gasteiger partial charge in [0.25, 0.3) is 0 Å². The van der Waals surface area contributed by atoms with E-state index >= 15 is 0 Å². The third kappa shape index (κ3) is 6.23. The molecule has 2 aliphatic rings. The molecule has 0 aromatic heterocycles. The minimum atomic E-state index is -1.19. The van der Waals surface area contributed by atoms with Crippen LogP contribution >= 0.6 is 11.8 Å². The summed E-state index contributed by atoms with van der Waals surface area (Å²) in [5.74, 6) is -4.56. The highest BCUT2D eigenvalue weighted by molar-refractivity contribution is 8.01. The molecule has 3 rings (SSSR count). The zero-order valence-corrected chi connectivity index (χ0v) is 21.0. The number of aliphatic carboxylic acids is 1. The average molecular weight is 522 g/mol. The number of ether oxygens (including phenoxy) is 1. The van der Waals surface area contributed by atoms with Gasteiger partial charge < -0.3 is 30.7 Å². The molecule has 196 valence electrons. The molecule has 0 radical (unpaired) electrons. The number of carboxylic acid groups (broad SMARTS) is 2. The van der Waals surface area contributed by atoms with E-state index in [0.29, 0.717) is 18.7 Å². The molecule has 1 fully saturated rings. The summed E-state index contributed by atoms with van der Waals surface area (Å²) in [6, 6.07) is 4.66. The van der Waals surface area contributed by atoms with Crippen LogP contribution in [0, 0.1) is 11.8 Å². The Kier molecular flexibility index (Phi) is 9.09. The molecule has 12 heteroatoms. The molecule has 2 heterocycles. The summed E-state index contributed by atoms with van der Waals surface area (Å²) >= 11 is 1.39. The number of thioether (sulfide) groups is 1. The number of carbonyl (C=O) groups is 4. The summed E-state index contributed by atoms with van der Waals surface area (Å²) in [5, 5.41) is 34.4. The molecule has 1 saturated heterocycles. The molecule has 7 atom stereocenters. The van der Waals surface area contributed by atoms with Gasteiger partial charge >= 0.3 is 17.9 Å². The van der Waals surface area contributed by atoms with Crippen molar-refractivity contribution in [2.45, 2.75) is 55.9 Å². The highest BCUT2D eigenvalue weighted by atomic mass is 32.2. The van der Waals surface area contributed by atoms with Gasteiger partial charge in [0.05, 0.1) is 35.6 Å². The van der Waals surface area contributed by atoms with E-state index in [-0.39, 0.29) is 35.0 Å². The van der Waals surface area contributed by atoms with Crippen molar-refractivity contribution in [3.8, 4) is 0 Å². The van der Waals surface area contributed by atoms with Crippen LogP contribution in [0.1, 0.15) is 37.6 Å². The molecule has 1 aromatic carbocycles. The van der Waals surface area contributed by atoms with Crippen molar-refractivity contribution in [3.63, 3.8) is 0 Å². The summed E-state index contributed by atoms with van der Waals surface area (Å²) in [6.07, 6.45) is -0.645. The fourth-order valence-corrected chi connectivity index (χ4v) is 6.20. The lowest BCUT2D eigenvalue weighted by molar-refractivity contribution is -0.153. The number of benzene rings is 1. The number of aliphatic imine (C=N–C) groups is 1. The largest absolute Gasteiger partial charge is 0.478 e. The van der Waals surface area contributed by atoms with Crippen molar-refractivity contribution in [1.29, 1.82) is 0 Å². The van der Waals surface area contributed by atoms with Gasteiger partial charge in [0, 0.05) is 17.5 Å². The van der Waals surface area contributed by atoms with Crippen LogP contribution < -0.4 is 10.6 Å². The van der Waals surface area contributed by atoms with Gasteiger partial charge in [-0.3, -0.25) is 14.6 Å². The lowest BCUT2D eigenvalue weighted by Gasteiger charge is -2.28. The molecular formula is C24H31N3O8S. The Hall–Kier alpha value is -2.96. The monoisotopic (exact) mass is 521 g/mol. The predicted octanol–water partition coefficient (Wildman–Crippen LogP) is 1.26. The van der Waals surface area contributed by atoms with Gasteiger partial charge in [-0.15, -0.1) is 11.8 Å². The zero-order chi connectivity index (χ0) is 26.6. The Labute approximate surface area is 212 Å². The number of rotatable bonds is 10. The van der Waals surface area contributed by atoms with Crippen molar-refractivity contribution in [2.75, 3.05) is 18.5 Å². The maximum Gasteiger partial charge on any atom is 0.350 e. The van der Waals surface area contributed by atoms with E-state index in [0.717, 1.165) is 0 Å². The molecule has 0 saturated carbocycles. The first-order valence-electron chi connectivity index (χ1n) is 11.7. The molecule has 1 amide bonds. The maximum absolute atomic E-state index is 12.7. The second kappa shape index (κ2) is 11.8. The van der Waals surface area contributed by atoms with E-state index in [4.69, 9.17) is 9.84 Å². The fourth-order valence-electron chi connectivity index (χ4n) is 4.59. The van der Waals surface area contributed by atoms with Gasteiger partial charge in [-0.25, -0.2) is 9.59 Å². The van der Waals surface area contributed by atoms with Gasteiger partial charge in [-0.2, -0.15) is 0 Å². The van der Waals surface area contributed by atoms with Crippen LogP contribution in [0.15, 0.2) is 29.3 Å². The first kappa shape index (κ1) is 27.6. The molecule has 0 bridgehead atoms. The first-order valence-corrected chi connectivity index (χ1v) is 12.7. The SMILES string of the molecule is CCOC(=O)[C@@H]([C@@H]1N=C(C(=O)O)C(S[C@H]2CN[C@H](C(=O)Nc3cccc(C(=O)O)c3)C2)[C@@H]1C)[C@@H](C)O. The molecule has 1 unspecified atom stereocenters. The van der Waals surface area contributed by atoms with Crippen LogP contribution in [0.25, 0.3) is 0 Å². The molecule has 5 N–H and O–H groups in total. The third-order valence-electron chi connectivity index (χ3n) is 6.36. The van der Waals surface area contributed by atoms with Crippen LogP contribution in [0.3, 0.4) is 0 Å². The van der Waals surface area contributed by atoms with E-state index in [9.17, 15) is 29.4 Å². The van der Waals surface area contributed by atoms with Gasteiger partial charge in [-0.05, 0) is 44.4 Å². The van der Waals surface area contributed by atoms with Crippen molar-refractivity contribution in [1.82, 2.24) is 5.32 Å². The predicted molar refractivity (Wildman–Crippen MR) is 133 cm³/mol. The summed E-state index contributed by atoms with van der Waals surface area (Å²) in [4.78, 5) is 52.7. The van der Waals surface area contributed by atoms with Crippen LogP contribution in [-0.2, 0) is 19.1 Å². The summed E-state index contributed by atoms with van der Waals surface area (Å²) in [6.45, 7) is 5.51. The molecule has 1 aromatic rings. The van der Waals surface area contributed by atoms with Crippen molar-refractivity contribution in [3.05, 3.63) is 29.8 Å². The number of aliphatic hydroxyl groups excluding tert-OH is 1. The average Bonchev–Trinajstić information content (AvgIpc) is 3.40. The highest BCUT2D eigenvalue weighted by Crippen LogP contribution is 2.40. The summed E-state index contributed by atoms with van der Waals surface area (Å²) in [7, 11) is 0. The Morgan fingerprint density at radius 3 is 2.58 bits per heavy atom.